The molecule has 3 rings (SSSR count). The number of para-hydroxylation sites is 1. The second kappa shape index (κ2) is 5.78. The molecular formula is C17H15N3O. The lowest BCUT2D eigenvalue weighted by Crippen LogP contribution is -2.44. The molecule has 0 fully saturated rings. The van der Waals surface area contributed by atoms with Crippen LogP contribution in [0.2, 0.25) is 0 Å². The SMILES string of the molecule is N#Cc1ccccc1NC(=O)[C@H]1Cc2ccccc2CN1. The minimum atomic E-state index is -0.272. The van der Waals surface area contributed by atoms with E-state index < -0.39 is 0 Å². The molecule has 2 N–H and O–H groups in total. The molecule has 2 aromatic rings. The Kier molecular flexibility index (Phi) is 3.67. The fraction of sp³-hybridized carbons (Fsp3) is 0.176. The molecule has 0 radical (unpaired) electrons. The maximum Gasteiger partial charge on any atom is 0.241 e. The van der Waals surface area contributed by atoms with Crippen molar-refractivity contribution in [3.05, 3.63) is 65.2 Å². The van der Waals surface area contributed by atoms with E-state index in [4.69, 9.17) is 5.26 Å². The molecule has 0 spiro atoms. The largest absolute Gasteiger partial charge is 0.324 e. The number of carbonyl (C=O) groups is 1. The predicted molar refractivity (Wildman–Crippen MR) is 80.6 cm³/mol. The van der Waals surface area contributed by atoms with Gasteiger partial charge in [-0.05, 0) is 29.7 Å². The second-order valence-electron chi connectivity index (χ2n) is 5.05. The molecule has 0 aromatic heterocycles. The molecule has 0 unspecified atom stereocenters. The van der Waals surface area contributed by atoms with Gasteiger partial charge in [-0.25, -0.2) is 0 Å². The van der Waals surface area contributed by atoms with Crippen LogP contribution >= 0.6 is 0 Å². The van der Waals surface area contributed by atoms with E-state index in [-0.39, 0.29) is 11.9 Å². The Labute approximate surface area is 123 Å². The lowest BCUT2D eigenvalue weighted by Gasteiger charge is -2.25. The number of carbonyl (C=O) groups excluding carboxylic acids is 1. The van der Waals surface area contributed by atoms with Crippen LogP contribution in [-0.2, 0) is 17.8 Å². The van der Waals surface area contributed by atoms with Gasteiger partial charge in [0.15, 0.2) is 0 Å². The summed E-state index contributed by atoms with van der Waals surface area (Å²) < 4.78 is 0. The smallest absolute Gasteiger partial charge is 0.241 e. The summed E-state index contributed by atoms with van der Waals surface area (Å²) in [4.78, 5) is 12.4. The monoisotopic (exact) mass is 277 g/mol. The summed E-state index contributed by atoms with van der Waals surface area (Å²) in [5, 5.41) is 15.1. The van der Waals surface area contributed by atoms with Gasteiger partial charge in [0.2, 0.25) is 5.91 Å². The number of nitrogens with zero attached hydrogens (tertiary/aromatic N) is 1. The topological polar surface area (TPSA) is 64.9 Å². The van der Waals surface area contributed by atoms with Crippen molar-refractivity contribution in [1.82, 2.24) is 5.32 Å². The third kappa shape index (κ3) is 2.78. The number of anilines is 1. The zero-order valence-electron chi connectivity index (χ0n) is 11.5. The highest BCUT2D eigenvalue weighted by Crippen LogP contribution is 2.18. The summed E-state index contributed by atoms with van der Waals surface area (Å²) in [5.74, 6) is -0.104. The van der Waals surface area contributed by atoms with E-state index in [9.17, 15) is 4.79 Å². The lowest BCUT2D eigenvalue weighted by atomic mass is 9.95. The van der Waals surface area contributed by atoms with Crippen LogP contribution in [0.1, 0.15) is 16.7 Å². The van der Waals surface area contributed by atoms with Crippen LogP contribution in [0.5, 0.6) is 0 Å². The molecule has 1 aliphatic rings. The summed E-state index contributed by atoms with van der Waals surface area (Å²) in [6.07, 6.45) is 0.663. The van der Waals surface area contributed by atoms with Crippen molar-refractivity contribution in [2.75, 3.05) is 5.32 Å². The highest BCUT2D eigenvalue weighted by atomic mass is 16.2. The zero-order chi connectivity index (χ0) is 14.7. The van der Waals surface area contributed by atoms with Crippen LogP contribution < -0.4 is 10.6 Å². The first kappa shape index (κ1) is 13.3. The molecule has 1 atom stereocenters. The first-order chi connectivity index (χ1) is 10.3. The summed E-state index contributed by atoms with van der Waals surface area (Å²) in [6, 6.07) is 17.0. The molecule has 1 aliphatic heterocycles. The van der Waals surface area contributed by atoms with Gasteiger partial charge >= 0.3 is 0 Å². The quantitative estimate of drug-likeness (QED) is 0.884. The molecule has 0 saturated heterocycles. The van der Waals surface area contributed by atoms with E-state index in [1.165, 1.54) is 11.1 Å². The molecule has 104 valence electrons. The van der Waals surface area contributed by atoms with E-state index in [1.54, 1.807) is 24.3 Å². The first-order valence-corrected chi connectivity index (χ1v) is 6.88. The Balaban J connectivity index is 1.74. The van der Waals surface area contributed by atoms with Gasteiger partial charge in [-0.1, -0.05) is 36.4 Å². The minimum absolute atomic E-state index is 0.104. The lowest BCUT2D eigenvalue weighted by molar-refractivity contribution is -0.118. The molecule has 0 aliphatic carbocycles. The third-order valence-corrected chi connectivity index (χ3v) is 3.70. The second-order valence-corrected chi connectivity index (χ2v) is 5.05. The number of nitrogens with one attached hydrogen (secondary N) is 2. The van der Waals surface area contributed by atoms with Crippen LogP contribution in [0, 0.1) is 11.3 Å². The number of rotatable bonds is 2. The van der Waals surface area contributed by atoms with Gasteiger partial charge in [0, 0.05) is 6.54 Å². The maximum absolute atomic E-state index is 12.4. The van der Waals surface area contributed by atoms with Gasteiger partial charge in [0.1, 0.15) is 6.07 Å². The number of fused-ring (bicyclic) bond motifs is 1. The summed E-state index contributed by atoms with van der Waals surface area (Å²) in [5.41, 5.74) is 3.47. The van der Waals surface area contributed by atoms with Crippen molar-refractivity contribution in [2.24, 2.45) is 0 Å². The van der Waals surface area contributed by atoms with Crippen molar-refractivity contribution in [1.29, 1.82) is 5.26 Å². The van der Waals surface area contributed by atoms with Crippen LogP contribution in [0.4, 0.5) is 5.69 Å². The molecule has 0 saturated carbocycles. The average Bonchev–Trinajstić information content (AvgIpc) is 2.55. The molecular weight excluding hydrogens is 262 g/mol. The third-order valence-electron chi connectivity index (χ3n) is 3.70. The Morgan fingerprint density at radius 2 is 1.86 bits per heavy atom. The van der Waals surface area contributed by atoms with Gasteiger partial charge in [-0.15, -0.1) is 0 Å². The first-order valence-electron chi connectivity index (χ1n) is 6.88. The Morgan fingerprint density at radius 3 is 2.67 bits per heavy atom. The van der Waals surface area contributed by atoms with E-state index in [0.29, 0.717) is 24.2 Å². The molecule has 1 heterocycles. The number of hydrogen-bond acceptors (Lipinski definition) is 3. The normalized spacial score (nSPS) is 16.6. The highest BCUT2D eigenvalue weighted by Gasteiger charge is 2.24. The molecule has 2 aromatic carbocycles. The predicted octanol–water partition coefficient (Wildman–Crippen LogP) is 2.21. The number of nitriles is 1. The number of amides is 1. The minimum Gasteiger partial charge on any atom is -0.324 e. The number of benzene rings is 2. The maximum atomic E-state index is 12.4. The Hall–Kier alpha value is -2.64. The Bertz CT molecular complexity index is 718. The van der Waals surface area contributed by atoms with Crippen LogP contribution in [0.3, 0.4) is 0 Å². The van der Waals surface area contributed by atoms with Crippen molar-refractivity contribution in [3.63, 3.8) is 0 Å². The standard InChI is InChI=1S/C17H15N3O/c18-10-13-6-3-4-8-15(13)20-17(21)16-9-12-5-1-2-7-14(12)11-19-16/h1-8,16,19H,9,11H2,(H,20,21)/t16-/m1/s1. The van der Waals surface area contributed by atoms with Crippen molar-refractivity contribution in [2.45, 2.75) is 19.0 Å². The molecule has 1 amide bonds. The Morgan fingerprint density at radius 1 is 1.14 bits per heavy atom. The van der Waals surface area contributed by atoms with E-state index in [0.717, 1.165) is 0 Å². The van der Waals surface area contributed by atoms with Gasteiger partial charge in [0.25, 0.3) is 0 Å². The molecule has 4 nitrogen and oxygen atoms in total. The van der Waals surface area contributed by atoms with Crippen molar-refractivity contribution >= 4 is 11.6 Å². The zero-order valence-corrected chi connectivity index (χ0v) is 11.5. The fourth-order valence-electron chi connectivity index (χ4n) is 2.55. The highest BCUT2D eigenvalue weighted by molar-refractivity contribution is 5.96. The summed E-state index contributed by atoms with van der Waals surface area (Å²) in [6.45, 7) is 0.689. The van der Waals surface area contributed by atoms with Gasteiger partial charge in [-0.3, -0.25) is 4.79 Å². The van der Waals surface area contributed by atoms with Crippen molar-refractivity contribution < 1.29 is 4.79 Å². The molecule has 0 bridgehead atoms. The molecule has 4 heteroatoms. The van der Waals surface area contributed by atoms with Crippen LogP contribution in [-0.4, -0.2) is 11.9 Å². The van der Waals surface area contributed by atoms with E-state index in [1.807, 2.05) is 12.1 Å². The average molecular weight is 277 g/mol. The van der Waals surface area contributed by atoms with E-state index in [2.05, 4.69) is 28.8 Å². The van der Waals surface area contributed by atoms with Gasteiger partial charge in [-0.2, -0.15) is 5.26 Å². The molecule has 21 heavy (non-hydrogen) atoms. The van der Waals surface area contributed by atoms with Crippen molar-refractivity contribution in [3.8, 4) is 6.07 Å². The van der Waals surface area contributed by atoms with Crippen LogP contribution in [0.15, 0.2) is 48.5 Å². The van der Waals surface area contributed by atoms with Crippen LogP contribution in [0.25, 0.3) is 0 Å². The fourth-order valence-corrected chi connectivity index (χ4v) is 2.55. The summed E-state index contributed by atoms with van der Waals surface area (Å²) >= 11 is 0. The van der Waals surface area contributed by atoms with E-state index >= 15 is 0 Å². The number of hydrogen-bond donors (Lipinski definition) is 2. The van der Waals surface area contributed by atoms with Gasteiger partial charge < -0.3 is 10.6 Å². The van der Waals surface area contributed by atoms with Gasteiger partial charge in [0.05, 0.1) is 17.3 Å². The summed E-state index contributed by atoms with van der Waals surface area (Å²) in [7, 11) is 0.